The zero-order valence-corrected chi connectivity index (χ0v) is 14.4. The second-order valence-electron chi connectivity index (χ2n) is 4.81. The Hall–Kier alpha value is -1.80. The number of carbonyl (C=O) groups is 2. The van der Waals surface area contributed by atoms with Crippen LogP contribution in [0.3, 0.4) is 0 Å². The van der Waals surface area contributed by atoms with Gasteiger partial charge in [-0.05, 0) is 19.8 Å². The van der Waals surface area contributed by atoms with Crippen molar-refractivity contribution in [1.82, 2.24) is 9.97 Å². The smallest absolute Gasteiger partial charge is 0.357 e. The van der Waals surface area contributed by atoms with Crippen LogP contribution >= 0.6 is 22.7 Å². The highest BCUT2D eigenvalue weighted by Crippen LogP contribution is 2.27. The maximum absolute atomic E-state index is 12.3. The van der Waals surface area contributed by atoms with Gasteiger partial charge in [0.15, 0.2) is 10.8 Å². The molecule has 0 saturated carbocycles. The SMILES string of the molecule is CCOC(=O)c1csc(NC(=O)c2nc(C)sc2C(C)C)n1. The molecule has 0 radical (unpaired) electrons. The fourth-order valence-corrected chi connectivity index (χ4v) is 3.38. The molecule has 0 spiro atoms. The van der Waals surface area contributed by atoms with Gasteiger partial charge in [-0.3, -0.25) is 10.1 Å². The standard InChI is InChI=1S/C14H17N3O3S2/c1-5-20-13(19)9-6-21-14(16-9)17-12(18)10-11(7(2)3)22-8(4)15-10/h6-7H,5H2,1-4H3,(H,16,17,18). The highest BCUT2D eigenvalue weighted by atomic mass is 32.1. The molecule has 2 heterocycles. The van der Waals surface area contributed by atoms with E-state index in [-0.39, 0.29) is 24.1 Å². The average molecular weight is 339 g/mol. The number of aryl methyl sites for hydroxylation is 1. The molecule has 0 aromatic carbocycles. The Labute approximate surface area is 136 Å². The van der Waals surface area contributed by atoms with Crippen LogP contribution in [-0.4, -0.2) is 28.5 Å². The summed E-state index contributed by atoms with van der Waals surface area (Å²) >= 11 is 2.69. The van der Waals surface area contributed by atoms with E-state index in [1.807, 2.05) is 20.8 Å². The molecule has 0 bridgehead atoms. The molecule has 2 aromatic heterocycles. The maximum Gasteiger partial charge on any atom is 0.357 e. The molecule has 8 heteroatoms. The summed E-state index contributed by atoms with van der Waals surface area (Å²) in [7, 11) is 0. The number of anilines is 1. The van der Waals surface area contributed by atoms with E-state index in [2.05, 4.69) is 15.3 Å². The van der Waals surface area contributed by atoms with E-state index in [9.17, 15) is 9.59 Å². The lowest BCUT2D eigenvalue weighted by molar-refractivity contribution is 0.0520. The van der Waals surface area contributed by atoms with Gasteiger partial charge < -0.3 is 4.74 Å². The molecule has 2 aromatic rings. The number of nitrogens with one attached hydrogen (secondary N) is 1. The van der Waals surface area contributed by atoms with Crippen LogP contribution in [0.25, 0.3) is 0 Å². The summed E-state index contributed by atoms with van der Waals surface area (Å²) in [4.78, 5) is 33.2. The number of nitrogens with zero attached hydrogens (tertiary/aromatic N) is 2. The highest BCUT2D eigenvalue weighted by molar-refractivity contribution is 7.14. The van der Waals surface area contributed by atoms with Crippen LogP contribution < -0.4 is 5.32 Å². The molecule has 22 heavy (non-hydrogen) atoms. The molecule has 0 saturated heterocycles. The van der Waals surface area contributed by atoms with Crippen molar-refractivity contribution in [2.24, 2.45) is 0 Å². The van der Waals surface area contributed by atoms with Crippen molar-refractivity contribution < 1.29 is 14.3 Å². The first kappa shape index (κ1) is 16.6. The fraction of sp³-hybridized carbons (Fsp3) is 0.429. The lowest BCUT2D eigenvalue weighted by Crippen LogP contribution is -2.15. The molecule has 0 aliphatic carbocycles. The van der Waals surface area contributed by atoms with E-state index in [0.29, 0.717) is 10.8 Å². The lowest BCUT2D eigenvalue weighted by atomic mass is 10.1. The van der Waals surface area contributed by atoms with Gasteiger partial charge >= 0.3 is 5.97 Å². The van der Waals surface area contributed by atoms with Gasteiger partial charge in [-0.15, -0.1) is 22.7 Å². The molecular weight excluding hydrogens is 322 g/mol. The molecule has 1 N–H and O–H groups in total. The predicted octanol–water partition coefficient (Wildman–Crippen LogP) is 3.46. The van der Waals surface area contributed by atoms with E-state index in [4.69, 9.17) is 4.74 Å². The molecule has 0 aliphatic heterocycles. The van der Waals surface area contributed by atoms with Crippen molar-refractivity contribution in [2.75, 3.05) is 11.9 Å². The molecule has 2 rings (SSSR count). The van der Waals surface area contributed by atoms with Crippen LogP contribution in [0.5, 0.6) is 0 Å². The summed E-state index contributed by atoms with van der Waals surface area (Å²) in [6, 6.07) is 0. The zero-order valence-electron chi connectivity index (χ0n) is 12.8. The Morgan fingerprint density at radius 1 is 1.36 bits per heavy atom. The van der Waals surface area contributed by atoms with Crippen LogP contribution in [0.15, 0.2) is 5.38 Å². The monoisotopic (exact) mass is 339 g/mol. The lowest BCUT2D eigenvalue weighted by Gasteiger charge is -2.04. The maximum atomic E-state index is 12.3. The predicted molar refractivity (Wildman–Crippen MR) is 87.0 cm³/mol. The summed E-state index contributed by atoms with van der Waals surface area (Å²) in [6.07, 6.45) is 0. The van der Waals surface area contributed by atoms with E-state index in [0.717, 1.165) is 9.88 Å². The topological polar surface area (TPSA) is 81.2 Å². The Balaban J connectivity index is 2.14. The minimum atomic E-state index is -0.494. The quantitative estimate of drug-likeness (QED) is 0.844. The van der Waals surface area contributed by atoms with Crippen molar-refractivity contribution in [3.05, 3.63) is 26.7 Å². The van der Waals surface area contributed by atoms with Gasteiger partial charge in [-0.25, -0.2) is 14.8 Å². The molecule has 0 unspecified atom stereocenters. The van der Waals surface area contributed by atoms with Crippen LogP contribution in [0.4, 0.5) is 5.13 Å². The first-order valence-corrected chi connectivity index (χ1v) is 8.53. The van der Waals surface area contributed by atoms with E-state index < -0.39 is 5.97 Å². The highest BCUT2D eigenvalue weighted by Gasteiger charge is 2.20. The van der Waals surface area contributed by atoms with Gasteiger partial charge in [-0.2, -0.15) is 0 Å². The van der Waals surface area contributed by atoms with Gasteiger partial charge in [-0.1, -0.05) is 13.8 Å². The zero-order chi connectivity index (χ0) is 16.3. The number of amides is 1. The first-order valence-electron chi connectivity index (χ1n) is 6.83. The van der Waals surface area contributed by atoms with Crippen LogP contribution in [-0.2, 0) is 4.74 Å². The summed E-state index contributed by atoms with van der Waals surface area (Å²) in [6.45, 7) is 7.92. The van der Waals surface area contributed by atoms with Gasteiger partial charge in [0.25, 0.3) is 5.91 Å². The number of rotatable bonds is 5. The normalized spacial score (nSPS) is 10.8. The number of ether oxygens (including phenoxy) is 1. The van der Waals surface area contributed by atoms with Crippen molar-refractivity contribution in [3.8, 4) is 0 Å². The third kappa shape index (κ3) is 3.69. The van der Waals surface area contributed by atoms with Crippen LogP contribution in [0.2, 0.25) is 0 Å². The number of esters is 1. The summed E-state index contributed by atoms with van der Waals surface area (Å²) in [5.74, 6) is -0.581. The van der Waals surface area contributed by atoms with Gasteiger partial charge in [0, 0.05) is 10.3 Å². The summed E-state index contributed by atoms with van der Waals surface area (Å²) < 4.78 is 4.87. The Morgan fingerprint density at radius 2 is 2.09 bits per heavy atom. The Bertz CT molecular complexity index is 691. The Kier molecular flexibility index (Phi) is 5.25. The molecule has 1 amide bonds. The largest absolute Gasteiger partial charge is 0.461 e. The Morgan fingerprint density at radius 3 is 2.73 bits per heavy atom. The minimum Gasteiger partial charge on any atom is -0.461 e. The van der Waals surface area contributed by atoms with Gasteiger partial charge in [0.1, 0.15) is 5.69 Å². The van der Waals surface area contributed by atoms with Crippen molar-refractivity contribution in [2.45, 2.75) is 33.6 Å². The van der Waals surface area contributed by atoms with E-state index in [1.54, 1.807) is 12.3 Å². The number of thiazole rings is 2. The van der Waals surface area contributed by atoms with E-state index >= 15 is 0 Å². The number of carbonyl (C=O) groups excluding carboxylic acids is 2. The second-order valence-corrected chi connectivity index (χ2v) is 6.91. The third-order valence-electron chi connectivity index (χ3n) is 2.71. The molecule has 0 fully saturated rings. The molecule has 0 atom stereocenters. The molecule has 6 nitrogen and oxygen atoms in total. The first-order chi connectivity index (χ1) is 10.4. The minimum absolute atomic E-state index is 0.195. The van der Waals surface area contributed by atoms with Crippen molar-refractivity contribution in [1.29, 1.82) is 0 Å². The van der Waals surface area contributed by atoms with Crippen molar-refractivity contribution in [3.63, 3.8) is 0 Å². The summed E-state index contributed by atoms with van der Waals surface area (Å²) in [5.41, 5.74) is 0.617. The third-order valence-corrected chi connectivity index (χ3v) is 4.74. The summed E-state index contributed by atoms with van der Waals surface area (Å²) in [5, 5.41) is 5.45. The van der Waals surface area contributed by atoms with Gasteiger partial charge in [0.05, 0.1) is 11.6 Å². The number of aromatic nitrogens is 2. The van der Waals surface area contributed by atoms with Crippen LogP contribution in [0.1, 0.15) is 57.6 Å². The molecule has 0 aliphatic rings. The number of hydrogen-bond acceptors (Lipinski definition) is 7. The second kappa shape index (κ2) is 6.97. The van der Waals surface area contributed by atoms with Crippen molar-refractivity contribution >= 4 is 39.7 Å². The van der Waals surface area contributed by atoms with Crippen LogP contribution in [0, 0.1) is 6.92 Å². The number of hydrogen-bond donors (Lipinski definition) is 1. The van der Waals surface area contributed by atoms with E-state index in [1.165, 1.54) is 22.7 Å². The molecule has 118 valence electrons. The van der Waals surface area contributed by atoms with Gasteiger partial charge in [0.2, 0.25) is 0 Å². The molecular formula is C14H17N3O3S2. The average Bonchev–Trinajstić information content (AvgIpc) is 3.05. The fourth-order valence-electron chi connectivity index (χ4n) is 1.78.